The Balaban J connectivity index is 2.24. The SMILES string of the molecule is COc1cc(C#N)ccc1Oc1ccc(CO)cn1. The summed E-state index contributed by atoms with van der Waals surface area (Å²) in [5, 5.41) is 17.7. The number of aromatic nitrogens is 1. The zero-order valence-electron chi connectivity index (χ0n) is 10.3. The number of rotatable bonds is 4. The van der Waals surface area contributed by atoms with Crippen molar-refractivity contribution in [2.75, 3.05) is 7.11 Å². The van der Waals surface area contributed by atoms with Crippen molar-refractivity contribution in [1.29, 1.82) is 5.26 Å². The topological polar surface area (TPSA) is 75.4 Å². The van der Waals surface area contributed by atoms with E-state index in [1.165, 1.54) is 13.3 Å². The molecule has 0 spiro atoms. The van der Waals surface area contributed by atoms with Crippen molar-refractivity contribution in [3.63, 3.8) is 0 Å². The Kier molecular flexibility index (Phi) is 3.96. The van der Waals surface area contributed by atoms with E-state index in [0.717, 1.165) is 0 Å². The predicted molar refractivity (Wildman–Crippen MR) is 67.9 cm³/mol. The third-order valence-electron chi connectivity index (χ3n) is 2.49. The van der Waals surface area contributed by atoms with E-state index in [1.807, 2.05) is 6.07 Å². The number of ether oxygens (including phenoxy) is 2. The molecule has 1 aromatic carbocycles. The van der Waals surface area contributed by atoms with Gasteiger partial charge in [-0.25, -0.2) is 4.98 Å². The molecule has 5 heteroatoms. The van der Waals surface area contributed by atoms with Crippen molar-refractivity contribution in [3.05, 3.63) is 47.7 Å². The summed E-state index contributed by atoms with van der Waals surface area (Å²) in [5.41, 5.74) is 1.20. The van der Waals surface area contributed by atoms with Crippen molar-refractivity contribution in [1.82, 2.24) is 4.98 Å². The fraction of sp³-hybridized carbons (Fsp3) is 0.143. The van der Waals surface area contributed by atoms with Crippen LogP contribution in [-0.2, 0) is 6.61 Å². The van der Waals surface area contributed by atoms with E-state index >= 15 is 0 Å². The maximum absolute atomic E-state index is 8.93. The molecule has 0 radical (unpaired) electrons. The first-order valence-corrected chi connectivity index (χ1v) is 5.58. The first-order valence-electron chi connectivity index (χ1n) is 5.58. The van der Waals surface area contributed by atoms with Crippen molar-refractivity contribution in [3.8, 4) is 23.4 Å². The molecule has 96 valence electrons. The molecule has 0 aliphatic heterocycles. The summed E-state index contributed by atoms with van der Waals surface area (Å²) in [4.78, 5) is 4.06. The average molecular weight is 256 g/mol. The zero-order chi connectivity index (χ0) is 13.7. The van der Waals surface area contributed by atoms with Gasteiger partial charge in [-0.3, -0.25) is 0 Å². The number of pyridine rings is 1. The minimum atomic E-state index is -0.0620. The summed E-state index contributed by atoms with van der Waals surface area (Å²) in [6, 6.07) is 10.3. The molecular formula is C14H12N2O3. The molecule has 5 nitrogen and oxygen atoms in total. The second-order valence-electron chi connectivity index (χ2n) is 3.74. The molecule has 0 saturated carbocycles. The highest BCUT2D eigenvalue weighted by Gasteiger charge is 2.07. The number of nitriles is 1. The molecule has 2 rings (SSSR count). The Morgan fingerprint density at radius 1 is 1.26 bits per heavy atom. The minimum absolute atomic E-state index is 0.0620. The van der Waals surface area contributed by atoms with Crippen LogP contribution in [0.25, 0.3) is 0 Å². The van der Waals surface area contributed by atoms with E-state index in [-0.39, 0.29) is 6.61 Å². The van der Waals surface area contributed by atoms with Crippen LogP contribution in [-0.4, -0.2) is 17.2 Å². The molecule has 1 N–H and O–H groups in total. The fourth-order valence-corrected chi connectivity index (χ4v) is 1.50. The standard InChI is InChI=1S/C14H12N2O3/c1-18-13-6-10(7-15)2-4-12(13)19-14-5-3-11(9-17)8-16-14/h2-6,8,17H,9H2,1H3. The van der Waals surface area contributed by atoms with E-state index in [0.29, 0.717) is 28.5 Å². The van der Waals surface area contributed by atoms with Crippen LogP contribution < -0.4 is 9.47 Å². The molecule has 1 aromatic heterocycles. The lowest BCUT2D eigenvalue weighted by Gasteiger charge is -2.09. The molecular weight excluding hydrogens is 244 g/mol. The van der Waals surface area contributed by atoms with Crippen molar-refractivity contribution in [2.45, 2.75) is 6.61 Å². The molecule has 0 saturated heterocycles. The van der Waals surface area contributed by atoms with Gasteiger partial charge in [-0.05, 0) is 23.8 Å². The molecule has 0 unspecified atom stereocenters. The largest absolute Gasteiger partial charge is 0.493 e. The molecule has 2 aromatic rings. The van der Waals surface area contributed by atoms with Crippen molar-refractivity contribution in [2.24, 2.45) is 0 Å². The van der Waals surface area contributed by atoms with Crippen LogP contribution in [0.2, 0.25) is 0 Å². The van der Waals surface area contributed by atoms with Crippen LogP contribution in [0.3, 0.4) is 0 Å². The van der Waals surface area contributed by atoms with Crippen LogP contribution in [0.5, 0.6) is 17.4 Å². The molecule has 0 amide bonds. The van der Waals surface area contributed by atoms with Gasteiger partial charge in [0.05, 0.1) is 25.3 Å². The number of aliphatic hydroxyl groups excluding tert-OH is 1. The lowest BCUT2D eigenvalue weighted by Crippen LogP contribution is -1.93. The summed E-state index contributed by atoms with van der Waals surface area (Å²) in [7, 11) is 1.51. The van der Waals surface area contributed by atoms with Crippen LogP contribution in [0.4, 0.5) is 0 Å². The quantitative estimate of drug-likeness (QED) is 0.907. The van der Waals surface area contributed by atoms with Crippen LogP contribution in [0.15, 0.2) is 36.5 Å². The Labute approximate surface area is 110 Å². The minimum Gasteiger partial charge on any atom is -0.493 e. The molecule has 0 aliphatic carbocycles. The number of benzene rings is 1. The van der Waals surface area contributed by atoms with E-state index in [9.17, 15) is 0 Å². The van der Waals surface area contributed by atoms with Gasteiger partial charge in [-0.2, -0.15) is 5.26 Å². The van der Waals surface area contributed by atoms with E-state index in [1.54, 1.807) is 30.3 Å². The van der Waals surface area contributed by atoms with E-state index < -0.39 is 0 Å². The first kappa shape index (κ1) is 12.9. The van der Waals surface area contributed by atoms with Crippen molar-refractivity contribution < 1.29 is 14.6 Å². The number of aliphatic hydroxyl groups is 1. The average Bonchev–Trinajstić information content (AvgIpc) is 2.48. The smallest absolute Gasteiger partial charge is 0.219 e. The highest BCUT2D eigenvalue weighted by molar-refractivity contribution is 5.47. The van der Waals surface area contributed by atoms with Crippen LogP contribution in [0.1, 0.15) is 11.1 Å². The Morgan fingerprint density at radius 2 is 2.11 bits per heavy atom. The number of nitrogens with zero attached hydrogens (tertiary/aromatic N) is 2. The summed E-state index contributed by atoms with van der Waals surface area (Å²) in [6.45, 7) is -0.0620. The number of hydrogen-bond donors (Lipinski definition) is 1. The van der Waals surface area contributed by atoms with Crippen LogP contribution in [0, 0.1) is 11.3 Å². The fourth-order valence-electron chi connectivity index (χ4n) is 1.50. The number of methoxy groups -OCH3 is 1. The second kappa shape index (κ2) is 5.85. The first-order chi connectivity index (χ1) is 9.26. The normalized spacial score (nSPS) is 9.74. The van der Waals surface area contributed by atoms with Gasteiger partial charge in [0.15, 0.2) is 11.5 Å². The highest BCUT2D eigenvalue weighted by Crippen LogP contribution is 2.31. The van der Waals surface area contributed by atoms with Gasteiger partial charge in [-0.1, -0.05) is 0 Å². The van der Waals surface area contributed by atoms with Gasteiger partial charge >= 0.3 is 0 Å². The summed E-state index contributed by atoms with van der Waals surface area (Å²) in [5.74, 6) is 1.33. The molecule has 0 bridgehead atoms. The van der Waals surface area contributed by atoms with Gasteiger partial charge in [-0.15, -0.1) is 0 Å². The van der Waals surface area contributed by atoms with Crippen molar-refractivity contribution >= 4 is 0 Å². The predicted octanol–water partition coefficient (Wildman–Crippen LogP) is 2.25. The maximum Gasteiger partial charge on any atom is 0.219 e. The molecule has 19 heavy (non-hydrogen) atoms. The third kappa shape index (κ3) is 3.00. The molecule has 0 fully saturated rings. The Morgan fingerprint density at radius 3 is 2.68 bits per heavy atom. The van der Waals surface area contributed by atoms with E-state index in [2.05, 4.69) is 4.98 Å². The summed E-state index contributed by atoms with van der Waals surface area (Å²) >= 11 is 0. The van der Waals surface area contributed by atoms with Gasteiger partial charge in [0.25, 0.3) is 0 Å². The summed E-state index contributed by atoms with van der Waals surface area (Å²) < 4.78 is 10.7. The Hall–Kier alpha value is -2.58. The van der Waals surface area contributed by atoms with E-state index in [4.69, 9.17) is 19.8 Å². The molecule has 0 aliphatic rings. The monoisotopic (exact) mass is 256 g/mol. The molecule has 0 atom stereocenters. The highest BCUT2D eigenvalue weighted by atomic mass is 16.5. The van der Waals surface area contributed by atoms with Gasteiger partial charge < -0.3 is 14.6 Å². The van der Waals surface area contributed by atoms with Crippen LogP contribution >= 0.6 is 0 Å². The zero-order valence-corrected chi connectivity index (χ0v) is 10.3. The van der Waals surface area contributed by atoms with Gasteiger partial charge in [0.2, 0.25) is 5.88 Å². The van der Waals surface area contributed by atoms with Gasteiger partial charge in [0.1, 0.15) is 0 Å². The lowest BCUT2D eigenvalue weighted by molar-refractivity contribution is 0.281. The second-order valence-corrected chi connectivity index (χ2v) is 3.74. The third-order valence-corrected chi connectivity index (χ3v) is 2.49. The Bertz CT molecular complexity index is 603. The maximum atomic E-state index is 8.93. The summed E-state index contributed by atoms with van der Waals surface area (Å²) in [6.07, 6.45) is 1.53. The lowest BCUT2D eigenvalue weighted by atomic mass is 10.2. The number of hydrogen-bond acceptors (Lipinski definition) is 5. The molecule has 1 heterocycles. The van der Waals surface area contributed by atoms with Gasteiger partial charge in [0, 0.05) is 18.3 Å².